The van der Waals surface area contributed by atoms with Crippen molar-refractivity contribution in [2.45, 2.75) is 6.92 Å². The predicted octanol–water partition coefficient (Wildman–Crippen LogP) is 1.96. The van der Waals surface area contributed by atoms with Crippen LogP contribution in [0.4, 0.5) is 0 Å². The van der Waals surface area contributed by atoms with Gasteiger partial charge in [0, 0.05) is 18.2 Å². The molecule has 0 spiro atoms. The smallest absolute Gasteiger partial charge is 0.000489 e. The largest absolute Gasteiger partial charge is 0.140 e. The maximum absolute atomic E-state index is 5.11. The minimum absolute atomic E-state index is 0.895. The van der Waals surface area contributed by atoms with E-state index in [0.29, 0.717) is 0 Å². The lowest BCUT2D eigenvalue weighted by molar-refractivity contribution is 1.54. The highest BCUT2D eigenvalue weighted by Gasteiger charge is 1.83. The highest BCUT2D eigenvalue weighted by Crippen LogP contribution is 1.94. The Kier molecular flexibility index (Phi) is 2.11. The van der Waals surface area contributed by atoms with Crippen LogP contribution in [0, 0.1) is 5.88 Å². The molecule has 28 valence electrons. The molecule has 0 nitrogen and oxygen atoms in total. The van der Waals surface area contributed by atoms with E-state index < -0.39 is 0 Å². The minimum Gasteiger partial charge on any atom is -0.000489 e. The SMILES string of the molecule is C=C(C)[CH+]Cl. The number of rotatable bonds is 1. The van der Waals surface area contributed by atoms with Crippen molar-refractivity contribution < 1.29 is 0 Å². The van der Waals surface area contributed by atoms with Crippen LogP contribution in [0.1, 0.15) is 6.92 Å². The van der Waals surface area contributed by atoms with Crippen LogP contribution in [0.2, 0.25) is 0 Å². The molecule has 0 atom stereocenters. The third-order valence-corrected chi connectivity index (χ3v) is 0.559. The summed E-state index contributed by atoms with van der Waals surface area (Å²) in [6.07, 6.45) is 0. The van der Waals surface area contributed by atoms with Crippen LogP contribution < -0.4 is 0 Å². The molecule has 0 unspecified atom stereocenters. The van der Waals surface area contributed by atoms with E-state index in [9.17, 15) is 0 Å². The molecule has 0 aromatic rings. The van der Waals surface area contributed by atoms with E-state index in [2.05, 4.69) is 6.58 Å². The summed E-state index contributed by atoms with van der Waals surface area (Å²) in [5, 5.41) is 0. The summed E-state index contributed by atoms with van der Waals surface area (Å²) < 4.78 is 0. The average Bonchev–Trinajstić information content (AvgIpc) is 1.38. The Morgan fingerprint density at radius 2 is 2.20 bits per heavy atom. The monoisotopic (exact) mass is 89.0 g/mol. The Balaban J connectivity index is 2.85. The minimum atomic E-state index is 0.895. The standard InChI is InChI=1S/C4H6Cl/c1-4(2)3-5/h3H,1H2,2H3/q+1. The second-order valence-corrected chi connectivity index (χ2v) is 1.17. The lowest BCUT2D eigenvalue weighted by Gasteiger charge is -1.64. The molecule has 0 rings (SSSR count). The molecule has 5 heavy (non-hydrogen) atoms. The van der Waals surface area contributed by atoms with Crippen molar-refractivity contribution in [1.29, 1.82) is 0 Å². The summed E-state index contributed by atoms with van der Waals surface area (Å²) in [7, 11) is 0. The van der Waals surface area contributed by atoms with Crippen molar-refractivity contribution in [2.75, 3.05) is 0 Å². The van der Waals surface area contributed by atoms with Gasteiger partial charge in [0.2, 0.25) is 0 Å². The van der Waals surface area contributed by atoms with Crippen LogP contribution >= 0.6 is 11.6 Å². The van der Waals surface area contributed by atoms with Crippen molar-refractivity contribution in [3.63, 3.8) is 0 Å². The van der Waals surface area contributed by atoms with Gasteiger partial charge in [-0.05, 0) is 6.92 Å². The van der Waals surface area contributed by atoms with Gasteiger partial charge in [-0.1, -0.05) is 0 Å². The first kappa shape index (κ1) is 4.90. The predicted molar refractivity (Wildman–Crippen MR) is 25.0 cm³/mol. The summed E-state index contributed by atoms with van der Waals surface area (Å²) >= 11 is 5.11. The molecule has 0 aliphatic rings. The second-order valence-electron chi connectivity index (χ2n) is 0.955. The fourth-order valence-corrected chi connectivity index (χ4v) is 0. The Morgan fingerprint density at radius 3 is 2.20 bits per heavy atom. The topological polar surface area (TPSA) is 0 Å². The van der Waals surface area contributed by atoms with Gasteiger partial charge in [0.1, 0.15) is 11.5 Å². The molecule has 0 N–H and O–H groups in total. The van der Waals surface area contributed by atoms with Crippen molar-refractivity contribution in [3.05, 3.63) is 18.0 Å². The molecule has 0 saturated carbocycles. The van der Waals surface area contributed by atoms with Crippen LogP contribution in [-0.2, 0) is 0 Å². The number of hydrogen-bond donors (Lipinski definition) is 0. The van der Waals surface area contributed by atoms with E-state index in [1.165, 1.54) is 5.88 Å². The fraction of sp³-hybridized carbons (Fsp3) is 0.250. The maximum Gasteiger partial charge on any atom is 0.140 e. The maximum atomic E-state index is 5.11. The van der Waals surface area contributed by atoms with Crippen molar-refractivity contribution in [3.8, 4) is 0 Å². The lowest BCUT2D eigenvalue weighted by atomic mass is 10.4. The van der Waals surface area contributed by atoms with E-state index in [-0.39, 0.29) is 0 Å². The Hall–Kier alpha value is -0.100. The van der Waals surface area contributed by atoms with Gasteiger partial charge in [-0.2, -0.15) is 0 Å². The third kappa shape index (κ3) is 3.90. The van der Waals surface area contributed by atoms with Gasteiger partial charge < -0.3 is 0 Å². The molecule has 0 aromatic heterocycles. The van der Waals surface area contributed by atoms with Gasteiger partial charge in [0.25, 0.3) is 0 Å². The highest BCUT2D eigenvalue weighted by molar-refractivity contribution is 6.24. The first-order valence-electron chi connectivity index (χ1n) is 1.36. The van der Waals surface area contributed by atoms with Gasteiger partial charge in [-0.25, -0.2) is 0 Å². The lowest BCUT2D eigenvalue weighted by Crippen LogP contribution is -1.56. The molecule has 0 fully saturated rings. The summed E-state index contributed by atoms with van der Waals surface area (Å²) in [5.74, 6) is 1.44. The second kappa shape index (κ2) is 2.16. The van der Waals surface area contributed by atoms with Gasteiger partial charge in [0.15, 0.2) is 0 Å². The van der Waals surface area contributed by atoms with Crippen LogP contribution in [0.25, 0.3) is 0 Å². The first-order valence-corrected chi connectivity index (χ1v) is 1.80. The van der Waals surface area contributed by atoms with Crippen molar-refractivity contribution in [2.24, 2.45) is 0 Å². The molecule has 0 saturated heterocycles. The van der Waals surface area contributed by atoms with E-state index in [1.54, 1.807) is 0 Å². The van der Waals surface area contributed by atoms with Gasteiger partial charge in [-0.3, -0.25) is 0 Å². The van der Waals surface area contributed by atoms with Crippen LogP contribution in [-0.4, -0.2) is 0 Å². The Morgan fingerprint density at radius 1 is 2.00 bits per heavy atom. The van der Waals surface area contributed by atoms with Gasteiger partial charge in [-0.15, -0.1) is 0 Å². The van der Waals surface area contributed by atoms with E-state index >= 15 is 0 Å². The Bertz CT molecular complexity index is 38.9. The zero-order valence-electron chi connectivity index (χ0n) is 3.16. The number of allylic oxidation sites excluding steroid dienone is 1. The number of halogens is 1. The molecular formula is C4H6Cl+. The molecule has 0 heterocycles. The van der Waals surface area contributed by atoms with Crippen LogP contribution in [0.5, 0.6) is 0 Å². The molecule has 0 radical (unpaired) electrons. The molecule has 0 amide bonds. The average molecular weight is 89.5 g/mol. The first-order chi connectivity index (χ1) is 2.27. The highest BCUT2D eigenvalue weighted by atomic mass is 35.5. The fourth-order valence-electron chi connectivity index (χ4n) is 0. The normalized spacial score (nSPS) is 6.80. The van der Waals surface area contributed by atoms with Gasteiger partial charge >= 0.3 is 0 Å². The Labute approximate surface area is 37.4 Å². The van der Waals surface area contributed by atoms with E-state index in [1.807, 2.05) is 6.92 Å². The van der Waals surface area contributed by atoms with Crippen LogP contribution in [0.15, 0.2) is 12.2 Å². The molecular weight excluding hydrogens is 83.5 g/mol. The van der Waals surface area contributed by atoms with Crippen molar-refractivity contribution >= 4 is 11.6 Å². The van der Waals surface area contributed by atoms with E-state index in [4.69, 9.17) is 11.6 Å². The zero-order chi connectivity index (χ0) is 4.28. The molecule has 0 aliphatic heterocycles. The quantitative estimate of drug-likeness (QED) is 0.431. The van der Waals surface area contributed by atoms with Crippen molar-refractivity contribution in [1.82, 2.24) is 0 Å². The van der Waals surface area contributed by atoms with E-state index in [0.717, 1.165) is 5.57 Å². The third-order valence-electron chi connectivity index (χ3n) is 0.186. The summed E-state index contributed by atoms with van der Waals surface area (Å²) in [4.78, 5) is 0. The zero-order valence-corrected chi connectivity index (χ0v) is 3.92. The summed E-state index contributed by atoms with van der Waals surface area (Å²) in [6, 6.07) is 0. The molecule has 0 aromatic carbocycles. The summed E-state index contributed by atoms with van der Waals surface area (Å²) in [6.45, 7) is 5.33. The van der Waals surface area contributed by atoms with Gasteiger partial charge in [0.05, 0.1) is 0 Å². The van der Waals surface area contributed by atoms with Crippen LogP contribution in [0.3, 0.4) is 0 Å². The molecule has 1 heteroatoms. The molecule has 0 bridgehead atoms. The summed E-state index contributed by atoms with van der Waals surface area (Å²) in [5.41, 5.74) is 0.895. The number of hydrogen-bond acceptors (Lipinski definition) is 0. The molecule has 0 aliphatic carbocycles.